The lowest BCUT2D eigenvalue weighted by atomic mass is 9.56. The molecule has 0 spiro atoms. The maximum absolute atomic E-state index is 3.75. The molecule has 1 N–H and O–H groups in total. The van der Waals surface area contributed by atoms with E-state index in [4.69, 9.17) is 0 Å². The van der Waals surface area contributed by atoms with E-state index in [0.29, 0.717) is 11.5 Å². The van der Waals surface area contributed by atoms with Crippen molar-refractivity contribution in [3.05, 3.63) is 35.4 Å². The van der Waals surface area contributed by atoms with E-state index < -0.39 is 0 Å². The summed E-state index contributed by atoms with van der Waals surface area (Å²) in [4.78, 5) is 0. The highest BCUT2D eigenvalue weighted by Crippen LogP contribution is 2.49. The lowest BCUT2D eigenvalue weighted by Crippen LogP contribution is -2.58. The third-order valence-electron chi connectivity index (χ3n) is 5.24. The fourth-order valence-electron chi connectivity index (χ4n) is 4.47. The van der Waals surface area contributed by atoms with Crippen molar-refractivity contribution in [1.29, 1.82) is 0 Å². The summed E-state index contributed by atoms with van der Waals surface area (Å²) >= 11 is 0. The van der Waals surface area contributed by atoms with Crippen LogP contribution >= 0.6 is 0 Å². The summed E-state index contributed by atoms with van der Waals surface area (Å²) in [6.07, 6.45) is 5.15. The zero-order valence-corrected chi connectivity index (χ0v) is 11.0. The first-order valence-corrected chi connectivity index (χ1v) is 7.13. The van der Waals surface area contributed by atoms with E-state index in [9.17, 15) is 0 Å². The number of hydrogen-bond acceptors (Lipinski definition) is 1. The van der Waals surface area contributed by atoms with Gasteiger partial charge in [0.1, 0.15) is 0 Å². The maximum atomic E-state index is 3.75. The summed E-state index contributed by atoms with van der Waals surface area (Å²) in [5.41, 5.74) is 3.71. The van der Waals surface area contributed by atoms with Crippen molar-refractivity contribution in [3.63, 3.8) is 0 Å². The van der Waals surface area contributed by atoms with Crippen molar-refractivity contribution in [2.45, 2.75) is 51.0 Å². The van der Waals surface area contributed by atoms with Gasteiger partial charge in [-0.3, -0.25) is 0 Å². The normalized spacial score (nSPS) is 35.4. The Labute approximate surface area is 105 Å². The molecule has 1 saturated heterocycles. The van der Waals surface area contributed by atoms with Gasteiger partial charge < -0.3 is 5.32 Å². The Bertz CT molecular complexity index is 412. The monoisotopic (exact) mass is 229 g/mol. The smallest absolute Gasteiger partial charge is 0.0144 e. The molecule has 3 rings (SSSR count). The largest absolute Gasteiger partial charge is 0.313 e. The van der Waals surface area contributed by atoms with Gasteiger partial charge in [-0.1, -0.05) is 44.5 Å². The van der Waals surface area contributed by atoms with Crippen molar-refractivity contribution < 1.29 is 0 Å². The van der Waals surface area contributed by atoms with Gasteiger partial charge >= 0.3 is 0 Å². The predicted molar refractivity (Wildman–Crippen MR) is 72.3 cm³/mol. The molecule has 1 heteroatoms. The molecule has 1 aromatic rings. The van der Waals surface area contributed by atoms with E-state index in [1.165, 1.54) is 32.2 Å². The topological polar surface area (TPSA) is 12.0 Å². The number of benzene rings is 1. The van der Waals surface area contributed by atoms with Gasteiger partial charge in [-0.15, -0.1) is 0 Å². The molecule has 1 aliphatic heterocycles. The Kier molecular flexibility index (Phi) is 2.74. The Morgan fingerprint density at radius 1 is 1.29 bits per heavy atom. The van der Waals surface area contributed by atoms with Crippen molar-refractivity contribution in [1.82, 2.24) is 5.32 Å². The second-order valence-electron chi connectivity index (χ2n) is 5.70. The van der Waals surface area contributed by atoms with Crippen LogP contribution < -0.4 is 5.32 Å². The zero-order valence-electron chi connectivity index (χ0n) is 11.0. The molecular weight excluding hydrogens is 206 g/mol. The van der Waals surface area contributed by atoms with E-state index in [1.807, 2.05) is 0 Å². The fourth-order valence-corrected chi connectivity index (χ4v) is 4.47. The molecule has 0 unspecified atom stereocenters. The van der Waals surface area contributed by atoms with Crippen LogP contribution in [0.25, 0.3) is 0 Å². The Hall–Kier alpha value is -0.820. The van der Waals surface area contributed by atoms with Crippen LogP contribution in [0.1, 0.15) is 44.2 Å². The molecule has 2 bridgehead atoms. The van der Waals surface area contributed by atoms with Gasteiger partial charge in [-0.2, -0.15) is 0 Å². The van der Waals surface area contributed by atoms with E-state index in [2.05, 4.69) is 43.4 Å². The molecule has 1 aromatic carbocycles. The van der Waals surface area contributed by atoms with Gasteiger partial charge in [0.2, 0.25) is 0 Å². The Morgan fingerprint density at radius 2 is 2.12 bits per heavy atom. The van der Waals surface area contributed by atoms with E-state index in [1.54, 1.807) is 11.1 Å². The molecule has 3 atom stereocenters. The summed E-state index contributed by atoms with van der Waals surface area (Å²) in [5, 5.41) is 3.75. The predicted octanol–water partition coefficient (Wildman–Crippen LogP) is 3.28. The van der Waals surface area contributed by atoms with Crippen molar-refractivity contribution in [3.8, 4) is 0 Å². The lowest BCUT2D eigenvalue weighted by molar-refractivity contribution is 0.118. The highest BCUT2D eigenvalue weighted by molar-refractivity contribution is 5.40. The molecule has 1 heterocycles. The van der Waals surface area contributed by atoms with Gasteiger partial charge in [0.05, 0.1) is 0 Å². The van der Waals surface area contributed by atoms with E-state index >= 15 is 0 Å². The first kappa shape index (κ1) is 11.3. The first-order chi connectivity index (χ1) is 8.31. The van der Waals surface area contributed by atoms with Gasteiger partial charge in [-0.25, -0.2) is 0 Å². The molecule has 17 heavy (non-hydrogen) atoms. The molecule has 1 fully saturated rings. The number of fused-ring (bicyclic) bond motifs is 4. The van der Waals surface area contributed by atoms with Crippen molar-refractivity contribution >= 4 is 0 Å². The first-order valence-electron chi connectivity index (χ1n) is 7.13. The summed E-state index contributed by atoms with van der Waals surface area (Å²) in [7, 11) is 0. The highest BCUT2D eigenvalue weighted by atomic mass is 15.0. The van der Waals surface area contributed by atoms with Crippen LogP contribution in [0.15, 0.2) is 24.3 Å². The third kappa shape index (κ3) is 1.48. The van der Waals surface area contributed by atoms with Crippen LogP contribution in [0.3, 0.4) is 0 Å². The van der Waals surface area contributed by atoms with Crippen LogP contribution in [-0.2, 0) is 11.8 Å². The molecule has 0 aromatic heterocycles. The standard InChI is InChI=1S/C16H23N/c1-3-13-15-11-12-7-5-6-8-14(12)16(13,4-2)9-10-17-15/h5-8,13,15,17H,3-4,9-11H2,1-2H3/t13-,15-,16-/m0/s1. The van der Waals surface area contributed by atoms with E-state index in [0.717, 1.165) is 5.92 Å². The van der Waals surface area contributed by atoms with Gasteiger partial charge in [0.25, 0.3) is 0 Å². The summed E-state index contributed by atoms with van der Waals surface area (Å²) in [5.74, 6) is 0.830. The molecule has 1 nitrogen and oxygen atoms in total. The number of rotatable bonds is 2. The summed E-state index contributed by atoms with van der Waals surface area (Å²) in [6, 6.07) is 9.87. The molecule has 0 amide bonds. The Morgan fingerprint density at radius 3 is 2.88 bits per heavy atom. The Balaban J connectivity index is 2.16. The summed E-state index contributed by atoms with van der Waals surface area (Å²) in [6.45, 7) is 5.94. The van der Waals surface area contributed by atoms with Crippen LogP contribution in [0, 0.1) is 5.92 Å². The van der Waals surface area contributed by atoms with E-state index in [-0.39, 0.29) is 0 Å². The van der Waals surface area contributed by atoms with Crippen molar-refractivity contribution in [2.75, 3.05) is 6.54 Å². The zero-order chi connectivity index (χ0) is 11.9. The van der Waals surface area contributed by atoms with Crippen LogP contribution in [0.4, 0.5) is 0 Å². The number of hydrogen-bond donors (Lipinski definition) is 1. The molecule has 0 saturated carbocycles. The molecule has 92 valence electrons. The quantitative estimate of drug-likeness (QED) is 0.820. The summed E-state index contributed by atoms with van der Waals surface area (Å²) < 4.78 is 0. The van der Waals surface area contributed by atoms with Crippen LogP contribution in [-0.4, -0.2) is 12.6 Å². The third-order valence-corrected chi connectivity index (χ3v) is 5.24. The number of piperidine rings is 1. The lowest BCUT2D eigenvalue weighted by Gasteiger charge is -2.53. The minimum atomic E-state index is 0.458. The van der Waals surface area contributed by atoms with Gasteiger partial charge in [0, 0.05) is 11.5 Å². The van der Waals surface area contributed by atoms with Crippen molar-refractivity contribution in [2.24, 2.45) is 5.92 Å². The molecule has 1 aliphatic carbocycles. The van der Waals surface area contributed by atoms with Gasteiger partial charge in [-0.05, 0) is 42.9 Å². The molecular formula is C16H23N. The minimum Gasteiger partial charge on any atom is -0.313 e. The molecule has 2 aliphatic rings. The highest BCUT2D eigenvalue weighted by Gasteiger charge is 2.48. The second-order valence-corrected chi connectivity index (χ2v) is 5.70. The maximum Gasteiger partial charge on any atom is 0.0144 e. The SMILES string of the molecule is CC[C@H]1[C@@H]2Cc3ccccc3[C@@]1(CC)CCN2. The number of nitrogens with one attached hydrogen (secondary N) is 1. The minimum absolute atomic E-state index is 0.458. The average molecular weight is 229 g/mol. The van der Waals surface area contributed by atoms with Crippen LogP contribution in [0.5, 0.6) is 0 Å². The fraction of sp³-hybridized carbons (Fsp3) is 0.625. The second kappa shape index (κ2) is 4.13. The molecule has 0 radical (unpaired) electrons. The van der Waals surface area contributed by atoms with Crippen LogP contribution in [0.2, 0.25) is 0 Å². The van der Waals surface area contributed by atoms with Gasteiger partial charge in [0.15, 0.2) is 0 Å². The average Bonchev–Trinajstić information content (AvgIpc) is 2.38.